The maximum absolute atomic E-state index is 10.8. The number of nitrogens with zero attached hydrogens (tertiary/aromatic N) is 3. The standard InChI is InChI=1S/C17H15N3O2/c1-11-14-4-2-3-5-15(14)18-17-10-16(19(11)17)12-6-8-13(9-7-12)20(21)22/h2-9,11,16H,10H2,1H3/t11-,16+/m1/s1. The van der Waals surface area contributed by atoms with E-state index in [1.54, 1.807) is 12.1 Å². The summed E-state index contributed by atoms with van der Waals surface area (Å²) >= 11 is 0. The average Bonchev–Trinajstić information content (AvgIpc) is 2.50. The summed E-state index contributed by atoms with van der Waals surface area (Å²) < 4.78 is 0. The molecule has 5 heteroatoms. The summed E-state index contributed by atoms with van der Waals surface area (Å²) in [4.78, 5) is 17.4. The molecule has 2 aliphatic rings. The van der Waals surface area contributed by atoms with Crippen molar-refractivity contribution in [1.29, 1.82) is 0 Å². The monoisotopic (exact) mass is 293 g/mol. The molecule has 2 aromatic carbocycles. The van der Waals surface area contributed by atoms with Crippen molar-refractivity contribution >= 4 is 17.2 Å². The Kier molecular flexibility index (Phi) is 2.76. The molecule has 0 spiro atoms. The molecular weight excluding hydrogens is 278 g/mol. The lowest BCUT2D eigenvalue weighted by Crippen LogP contribution is -2.49. The molecule has 0 aromatic heterocycles. The fourth-order valence-electron chi connectivity index (χ4n) is 3.37. The van der Waals surface area contributed by atoms with Crippen LogP contribution in [0.3, 0.4) is 0 Å². The Labute approximate surface area is 128 Å². The predicted molar refractivity (Wildman–Crippen MR) is 84.2 cm³/mol. The van der Waals surface area contributed by atoms with Gasteiger partial charge in [0.05, 0.1) is 22.7 Å². The van der Waals surface area contributed by atoms with Crippen molar-refractivity contribution in [2.75, 3.05) is 0 Å². The molecule has 110 valence electrons. The average molecular weight is 293 g/mol. The molecule has 1 saturated heterocycles. The SMILES string of the molecule is C[C@@H]1c2ccccc2N=C2C[C@@H](c3ccc([N+](=O)[O-])cc3)N21. The molecule has 0 N–H and O–H groups in total. The number of nitro benzene ring substituents is 1. The summed E-state index contributed by atoms with van der Waals surface area (Å²) in [6.07, 6.45) is 0.885. The van der Waals surface area contributed by atoms with Gasteiger partial charge in [0.25, 0.3) is 5.69 Å². The van der Waals surface area contributed by atoms with Crippen LogP contribution in [0.15, 0.2) is 53.5 Å². The number of hydrogen-bond donors (Lipinski definition) is 0. The van der Waals surface area contributed by atoms with E-state index in [-0.39, 0.29) is 22.7 Å². The van der Waals surface area contributed by atoms with Crippen molar-refractivity contribution in [2.24, 2.45) is 4.99 Å². The number of para-hydroxylation sites is 1. The largest absolute Gasteiger partial charge is 0.346 e. The summed E-state index contributed by atoms with van der Waals surface area (Å²) in [7, 11) is 0. The van der Waals surface area contributed by atoms with Gasteiger partial charge in [-0.3, -0.25) is 10.1 Å². The lowest BCUT2D eigenvalue weighted by molar-refractivity contribution is -0.384. The minimum absolute atomic E-state index is 0.133. The van der Waals surface area contributed by atoms with Crippen LogP contribution in [-0.2, 0) is 0 Å². The smallest absolute Gasteiger partial charge is 0.269 e. The number of amidine groups is 1. The van der Waals surface area contributed by atoms with E-state index in [2.05, 4.69) is 24.0 Å². The van der Waals surface area contributed by atoms with Gasteiger partial charge in [-0.25, -0.2) is 4.99 Å². The minimum atomic E-state index is -0.364. The van der Waals surface area contributed by atoms with Crippen molar-refractivity contribution in [2.45, 2.75) is 25.4 Å². The molecule has 4 rings (SSSR count). The first-order valence-corrected chi connectivity index (χ1v) is 7.34. The van der Waals surface area contributed by atoms with Crippen molar-refractivity contribution in [3.8, 4) is 0 Å². The van der Waals surface area contributed by atoms with Gasteiger partial charge in [-0.05, 0) is 18.6 Å². The van der Waals surface area contributed by atoms with Gasteiger partial charge in [0.1, 0.15) is 5.84 Å². The molecule has 5 nitrogen and oxygen atoms in total. The van der Waals surface area contributed by atoms with Gasteiger partial charge in [0.2, 0.25) is 0 Å². The molecule has 2 aliphatic heterocycles. The normalized spacial score (nSPS) is 22.2. The number of nitro groups is 1. The fraction of sp³-hybridized carbons (Fsp3) is 0.235. The van der Waals surface area contributed by atoms with Gasteiger partial charge < -0.3 is 4.90 Å². The van der Waals surface area contributed by atoms with Gasteiger partial charge in [0.15, 0.2) is 0 Å². The van der Waals surface area contributed by atoms with E-state index in [0.717, 1.165) is 23.5 Å². The highest BCUT2D eigenvalue weighted by Gasteiger charge is 2.41. The molecule has 0 radical (unpaired) electrons. The second-order valence-electron chi connectivity index (χ2n) is 5.74. The van der Waals surface area contributed by atoms with E-state index in [0.29, 0.717) is 0 Å². The first kappa shape index (κ1) is 13.0. The van der Waals surface area contributed by atoms with Crippen molar-refractivity contribution in [1.82, 2.24) is 4.90 Å². The maximum Gasteiger partial charge on any atom is 0.269 e. The van der Waals surface area contributed by atoms with Crippen LogP contribution in [0.25, 0.3) is 0 Å². The number of rotatable bonds is 2. The maximum atomic E-state index is 10.8. The third-order valence-electron chi connectivity index (χ3n) is 4.55. The number of aliphatic imine (C=N–C) groups is 1. The molecule has 0 aliphatic carbocycles. The van der Waals surface area contributed by atoms with Crippen LogP contribution < -0.4 is 0 Å². The molecule has 2 atom stereocenters. The Morgan fingerprint density at radius 3 is 2.64 bits per heavy atom. The lowest BCUT2D eigenvalue weighted by Gasteiger charge is -2.50. The Bertz CT molecular complexity index is 783. The van der Waals surface area contributed by atoms with E-state index >= 15 is 0 Å². The summed E-state index contributed by atoms with van der Waals surface area (Å²) in [5.41, 5.74) is 3.53. The zero-order valence-corrected chi connectivity index (χ0v) is 12.1. The van der Waals surface area contributed by atoms with Gasteiger partial charge >= 0.3 is 0 Å². The van der Waals surface area contributed by atoms with E-state index < -0.39 is 0 Å². The van der Waals surface area contributed by atoms with Crippen LogP contribution in [0.5, 0.6) is 0 Å². The number of hydrogen-bond acceptors (Lipinski definition) is 4. The van der Waals surface area contributed by atoms with Crippen LogP contribution in [0.2, 0.25) is 0 Å². The summed E-state index contributed by atoms with van der Waals surface area (Å²) in [5.74, 6) is 1.11. The summed E-state index contributed by atoms with van der Waals surface area (Å²) in [5, 5.41) is 10.8. The molecule has 2 heterocycles. The van der Waals surface area contributed by atoms with Crippen molar-refractivity contribution in [3.63, 3.8) is 0 Å². The van der Waals surface area contributed by atoms with Gasteiger partial charge in [-0.15, -0.1) is 0 Å². The van der Waals surface area contributed by atoms with Crippen LogP contribution in [0.1, 0.15) is 36.6 Å². The first-order valence-electron chi connectivity index (χ1n) is 7.34. The summed E-state index contributed by atoms with van der Waals surface area (Å²) in [6.45, 7) is 2.19. The van der Waals surface area contributed by atoms with E-state index in [4.69, 9.17) is 4.99 Å². The van der Waals surface area contributed by atoms with Gasteiger partial charge in [0, 0.05) is 24.1 Å². The lowest BCUT2D eigenvalue weighted by atomic mass is 9.87. The molecule has 0 saturated carbocycles. The fourth-order valence-corrected chi connectivity index (χ4v) is 3.37. The molecule has 2 aromatic rings. The van der Waals surface area contributed by atoms with E-state index in [1.807, 2.05) is 24.3 Å². The highest BCUT2D eigenvalue weighted by molar-refractivity contribution is 5.93. The minimum Gasteiger partial charge on any atom is -0.346 e. The zero-order valence-electron chi connectivity index (χ0n) is 12.1. The van der Waals surface area contributed by atoms with Gasteiger partial charge in [-0.2, -0.15) is 0 Å². The predicted octanol–water partition coefficient (Wildman–Crippen LogP) is 4.15. The Morgan fingerprint density at radius 1 is 1.18 bits per heavy atom. The number of benzene rings is 2. The van der Waals surface area contributed by atoms with E-state index in [1.165, 1.54) is 5.56 Å². The summed E-state index contributed by atoms with van der Waals surface area (Å²) in [6, 6.07) is 15.6. The highest BCUT2D eigenvalue weighted by atomic mass is 16.6. The molecule has 0 bridgehead atoms. The van der Waals surface area contributed by atoms with Crippen LogP contribution in [0, 0.1) is 10.1 Å². The second kappa shape index (κ2) is 4.66. The van der Waals surface area contributed by atoms with Crippen LogP contribution >= 0.6 is 0 Å². The highest BCUT2D eigenvalue weighted by Crippen LogP contribution is 2.47. The van der Waals surface area contributed by atoms with Crippen LogP contribution in [0.4, 0.5) is 11.4 Å². The number of non-ortho nitro benzene ring substituents is 1. The number of fused-ring (bicyclic) bond motifs is 2. The Hall–Kier alpha value is -2.69. The van der Waals surface area contributed by atoms with Crippen LogP contribution in [-0.4, -0.2) is 15.7 Å². The zero-order chi connectivity index (χ0) is 15.3. The van der Waals surface area contributed by atoms with Gasteiger partial charge in [-0.1, -0.05) is 30.3 Å². The second-order valence-corrected chi connectivity index (χ2v) is 5.74. The molecule has 0 amide bonds. The van der Waals surface area contributed by atoms with Crippen molar-refractivity contribution in [3.05, 3.63) is 69.8 Å². The molecule has 22 heavy (non-hydrogen) atoms. The first-order chi connectivity index (χ1) is 10.6. The molecular formula is C17H15N3O2. The topological polar surface area (TPSA) is 58.7 Å². The molecule has 1 fully saturated rings. The third kappa shape index (κ3) is 1.82. The Balaban J connectivity index is 1.65. The Morgan fingerprint density at radius 2 is 1.91 bits per heavy atom. The quantitative estimate of drug-likeness (QED) is 0.617. The van der Waals surface area contributed by atoms with E-state index in [9.17, 15) is 10.1 Å². The molecule has 0 unspecified atom stereocenters. The third-order valence-corrected chi connectivity index (χ3v) is 4.55. The van der Waals surface area contributed by atoms with Crippen molar-refractivity contribution < 1.29 is 4.92 Å².